The molecular weight excluding hydrogens is 210 g/mol. The van der Waals surface area contributed by atoms with Crippen LogP contribution in [0.1, 0.15) is 0 Å². The van der Waals surface area contributed by atoms with Crippen LogP contribution in [0.2, 0.25) is 0 Å². The average molecular weight is 221 g/mol. The molecule has 2 aromatic heterocycles. The molecule has 0 amide bonds. The molecule has 0 bridgehead atoms. The van der Waals surface area contributed by atoms with Crippen molar-refractivity contribution < 1.29 is 0 Å². The molecule has 1 aromatic carbocycles. The van der Waals surface area contributed by atoms with E-state index < -0.39 is 0 Å². The second kappa shape index (κ2) is 4.22. The van der Waals surface area contributed by atoms with Gasteiger partial charge in [-0.05, 0) is 24.3 Å². The molecule has 0 aliphatic rings. The molecule has 0 radical (unpaired) electrons. The number of hydrogen-bond acceptors (Lipinski definition) is 2. The summed E-state index contributed by atoms with van der Waals surface area (Å²) in [5, 5.41) is 4.34. The lowest BCUT2D eigenvalue weighted by Crippen LogP contribution is -1.92. The third-order valence-corrected chi connectivity index (χ3v) is 2.56. The van der Waals surface area contributed by atoms with Crippen LogP contribution in [0.4, 0.5) is 0 Å². The molecular formula is C14H11N3. The van der Waals surface area contributed by atoms with Crippen molar-refractivity contribution in [1.29, 1.82) is 0 Å². The summed E-state index contributed by atoms with van der Waals surface area (Å²) in [6, 6.07) is 15.9. The van der Waals surface area contributed by atoms with Crippen molar-refractivity contribution in [3.63, 3.8) is 0 Å². The Morgan fingerprint density at radius 1 is 0.882 bits per heavy atom. The molecule has 3 heteroatoms. The fraction of sp³-hybridized carbons (Fsp3) is 0. The molecule has 3 rings (SSSR count). The van der Waals surface area contributed by atoms with Crippen molar-refractivity contribution in [3.8, 4) is 16.9 Å². The first-order valence-electron chi connectivity index (χ1n) is 5.45. The zero-order chi connectivity index (χ0) is 11.5. The highest BCUT2D eigenvalue weighted by molar-refractivity contribution is 5.57. The second-order valence-corrected chi connectivity index (χ2v) is 3.72. The first-order chi connectivity index (χ1) is 8.43. The van der Waals surface area contributed by atoms with Gasteiger partial charge in [0.15, 0.2) is 0 Å². The van der Waals surface area contributed by atoms with Gasteiger partial charge in [-0.25, -0.2) is 4.68 Å². The van der Waals surface area contributed by atoms with Crippen molar-refractivity contribution in [1.82, 2.24) is 14.8 Å². The molecule has 3 nitrogen and oxygen atoms in total. The molecule has 0 N–H and O–H groups in total. The van der Waals surface area contributed by atoms with Gasteiger partial charge in [-0.2, -0.15) is 5.10 Å². The molecule has 0 aliphatic carbocycles. The molecule has 17 heavy (non-hydrogen) atoms. The quantitative estimate of drug-likeness (QED) is 0.666. The highest BCUT2D eigenvalue weighted by atomic mass is 15.3. The van der Waals surface area contributed by atoms with Gasteiger partial charge in [-0.3, -0.25) is 4.98 Å². The number of para-hydroxylation sites is 1. The Balaban J connectivity index is 1.99. The van der Waals surface area contributed by atoms with E-state index in [-0.39, 0.29) is 0 Å². The lowest BCUT2D eigenvalue weighted by molar-refractivity contribution is 0.881. The summed E-state index contributed by atoms with van der Waals surface area (Å²) >= 11 is 0. The average Bonchev–Trinajstić information content (AvgIpc) is 2.90. The Labute approximate surface area is 99.4 Å². The molecule has 82 valence electrons. The molecule has 0 spiro atoms. The topological polar surface area (TPSA) is 30.7 Å². The molecule has 0 aliphatic heterocycles. The third kappa shape index (κ3) is 1.95. The van der Waals surface area contributed by atoms with Crippen LogP contribution in [0.5, 0.6) is 0 Å². The minimum absolute atomic E-state index is 0.940. The summed E-state index contributed by atoms with van der Waals surface area (Å²) in [6.07, 6.45) is 5.60. The second-order valence-electron chi connectivity index (χ2n) is 3.72. The minimum Gasteiger partial charge on any atom is -0.256 e. The Morgan fingerprint density at radius 3 is 2.47 bits per heavy atom. The van der Waals surface area contributed by atoms with Crippen LogP contribution >= 0.6 is 0 Å². The molecule has 0 fully saturated rings. The summed E-state index contributed by atoms with van der Waals surface area (Å²) in [5.41, 5.74) is 3.01. The van der Waals surface area contributed by atoms with Gasteiger partial charge in [0, 0.05) is 18.0 Å². The highest BCUT2D eigenvalue weighted by Crippen LogP contribution is 2.16. The van der Waals surface area contributed by atoms with Gasteiger partial charge in [0.1, 0.15) is 0 Å². The zero-order valence-electron chi connectivity index (χ0n) is 9.19. The van der Waals surface area contributed by atoms with Crippen LogP contribution < -0.4 is 0 Å². The summed E-state index contributed by atoms with van der Waals surface area (Å²) in [5.74, 6) is 0. The Bertz CT molecular complexity index is 546. The van der Waals surface area contributed by atoms with E-state index in [4.69, 9.17) is 0 Å². The number of nitrogens with zero attached hydrogens (tertiary/aromatic N) is 3. The molecule has 2 heterocycles. The Hall–Kier alpha value is -2.42. The number of hydrogen-bond donors (Lipinski definition) is 0. The maximum atomic E-state index is 4.34. The smallest absolute Gasteiger partial charge is 0.0733 e. The van der Waals surface area contributed by atoms with Gasteiger partial charge in [0.2, 0.25) is 0 Å². The molecule has 0 unspecified atom stereocenters. The summed E-state index contributed by atoms with van der Waals surface area (Å²) in [7, 11) is 0. The van der Waals surface area contributed by atoms with Gasteiger partial charge in [0.25, 0.3) is 0 Å². The monoisotopic (exact) mass is 221 g/mol. The van der Waals surface area contributed by atoms with Crippen LogP contribution in [0.25, 0.3) is 16.9 Å². The lowest BCUT2D eigenvalue weighted by atomic mass is 10.2. The van der Waals surface area contributed by atoms with E-state index in [0.29, 0.717) is 0 Å². The van der Waals surface area contributed by atoms with Crippen molar-refractivity contribution in [2.75, 3.05) is 0 Å². The van der Waals surface area contributed by atoms with Gasteiger partial charge in [0.05, 0.1) is 17.6 Å². The molecule has 3 aromatic rings. The zero-order valence-corrected chi connectivity index (χ0v) is 9.19. The van der Waals surface area contributed by atoms with Crippen LogP contribution in [0.15, 0.2) is 67.1 Å². The van der Waals surface area contributed by atoms with Gasteiger partial charge >= 0.3 is 0 Å². The first kappa shape index (κ1) is 9.78. The van der Waals surface area contributed by atoms with Gasteiger partial charge in [-0.15, -0.1) is 0 Å². The van der Waals surface area contributed by atoms with E-state index in [9.17, 15) is 0 Å². The maximum absolute atomic E-state index is 4.34. The van der Waals surface area contributed by atoms with E-state index in [2.05, 4.69) is 10.1 Å². The first-order valence-corrected chi connectivity index (χ1v) is 5.45. The minimum atomic E-state index is 0.940. The van der Waals surface area contributed by atoms with Crippen LogP contribution in [-0.2, 0) is 0 Å². The van der Waals surface area contributed by atoms with E-state index in [1.807, 2.05) is 65.6 Å². The van der Waals surface area contributed by atoms with E-state index in [1.54, 1.807) is 6.20 Å². The van der Waals surface area contributed by atoms with Crippen molar-refractivity contribution in [2.24, 2.45) is 0 Å². The van der Waals surface area contributed by atoms with E-state index in [1.165, 1.54) is 0 Å². The number of pyridine rings is 1. The van der Waals surface area contributed by atoms with Crippen molar-refractivity contribution >= 4 is 0 Å². The number of rotatable bonds is 2. The van der Waals surface area contributed by atoms with Crippen molar-refractivity contribution in [3.05, 3.63) is 67.1 Å². The van der Waals surface area contributed by atoms with Crippen LogP contribution in [0, 0.1) is 0 Å². The van der Waals surface area contributed by atoms with Crippen LogP contribution in [-0.4, -0.2) is 14.8 Å². The standard InChI is InChI=1S/C14H11N3/c1-2-6-13(7-3-1)17-11-12(10-16-17)14-8-4-5-9-15-14/h1-11H. The normalized spacial score (nSPS) is 10.4. The summed E-state index contributed by atoms with van der Waals surface area (Å²) in [6.45, 7) is 0. The number of benzene rings is 1. The third-order valence-electron chi connectivity index (χ3n) is 2.56. The predicted octanol–water partition coefficient (Wildman–Crippen LogP) is 2.93. The van der Waals surface area contributed by atoms with E-state index >= 15 is 0 Å². The summed E-state index contributed by atoms with van der Waals surface area (Å²) in [4.78, 5) is 4.30. The largest absolute Gasteiger partial charge is 0.256 e. The molecule has 0 saturated carbocycles. The summed E-state index contributed by atoms with van der Waals surface area (Å²) < 4.78 is 1.85. The fourth-order valence-corrected chi connectivity index (χ4v) is 1.71. The number of aromatic nitrogens is 3. The SMILES string of the molecule is c1ccc(-n2cc(-c3ccccn3)cn2)cc1. The molecule has 0 saturated heterocycles. The maximum Gasteiger partial charge on any atom is 0.0733 e. The van der Waals surface area contributed by atoms with Gasteiger partial charge < -0.3 is 0 Å². The lowest BCUT2D eigenvalue weighted by Gasteiger charge is -1.99. The highest BCUT2D eigenvalue weighted by Gasteiger charge is 2.03. The van der Waals surface area contributed by atoms with Crippen LogP contribution in [0.3, 0.4) is 0 Å². The molecule has 0 atom stereocenters. The Kier molecular flexibility index (Phi) is 2.43. The van der Waals surface area contributed by atoms with Gasteiger partial charge in [-0.1, -0.05) is 24.3 Å². The Morgan fingerprint density at radius 2 is 1.71 bits per heavy atom. The van der Waals surface area contributed by atoms with Crippen molar-refractivity contribution in [2.45, 2.75) is 0 Å². The van der Waals surface area contributed by atoms with E-state index in [0.717, 1.165) is 16.9 Å². The predicted molar refractivity (Wildman–Crippen MR) is 66.8 cm³/mol. The fourth-order valence-electron chi connectivity index (χ4n) is 1.71.